The Morgan fingerprint density at radius 3 is 2.47 bits per heavy atom. The van der Waals surface area contributed by atoms with Crippen LogP contribution in [0.3, 0.4) is 0 Å². The maximum Gasteiger partial charge on any atom is 0.379 e. The fourth-order valence-electron chi connectivity index (χ4n) is 3.70. The number of carbonyl (C=O) groups excluding carboxylic acids is 2. The second kappa shape index (κ2) is 10.7. The molecule has 0 saturated carbocycles. The van der Waals surface area contributed by atoms with E-state index < -0.39 is 18.1 Å². The summed E-state index contributed by atoms with van der Waals surface area (Å²) in [7, 11) is 0. The molecule has 0 spiro atoms. The Morgan fingerprint density at radius 1 is 0.971 bits per heavy atom. The van der Waals surface area contributed by atoms with E-state index in [-0.39, 0.29) is 24.2 Å². The van der Waals surface area contributed by atoms with Gasteiger partial charge in [0.05, 0.1) is 12.6 Å². The molecule has 0 bridgehead atoms. The van der Waals surface area contributed by atoms with E-state index in [0.29, 0.717) is 12.8 Å². The fourth-order valence-corrected chi connectivity index (χ4v) is 3.70. The SMILES string of the molecule is CCOC(=O)c1noc(C(Cc2ccccc2)NC(=O)C(N)Cc2ccc3ccccc3c2)n1. The number of amides is 1. The summed E-state index contributed by atoms with van der Waals surface area (Å²) in [4.78, 5) is 29.1. The molecule has 0 aliphatic heterocycles. The normalized spacial score (nSPS) is 12.8. The number of hydrogen-bond donors (Lipinski definition) is 2. The third kappa shape index (κ3) is 5.65. The first-order valence-corrected chi connectivity index (χ1v) is 11.1. The zero-order valence-electron chi connectivity index (χ0n) is 18.8. The molecule has 0 aliphatic rings. The van der Waals surface area contributed by atoms with Gasteiger partial charge < -0.3 is 20.3 Å². The van der Waals surface area contributed by atoms with Gasteiger partial charge in [0, 0.05) is 6.42 Å². The van der Waals surface area contributed by atoms with E-state index in [1.54, 1.807) is 6.92 Å². The number of hydrogen-bond acceptors (Lipinski definition) is 7. The Morgan fingerprint density at radius 2 is 1.71 bits per heavy atom. The van der Waals surface area contributed by atoms with Crippen LogP contribution in [0.15, 0.2) is 77.3 Å². The van der Waals surface area contributed by atoms with Gasteiger partial charge in [-0.15, -0.1) is 0 Å². The summed E-state index contributed by atoms with van der Waals surface area (Å²) in [5, 5.41) is 8.83. The fraction of sp³-hybridized carbons (Fsp3) is 0.231. The van der Waals surface area contributed by atoms with Crippen molar-refractivity contribution >= 4 is 22.6 Å². The molecule has 34 heavy (non-hydrogen) atoms. The third-order valence-electron chi connectivity index (χ3n) is 5.40. The Kier molecular flexibility index (Phi) is 7.29. The Hall–Kier alpha value is -4.04. The van der Waals surface area contributed by atoms with Crippen LogP contribution in [-0.2, 0) is 22.4 Å². The van der Waals surface area contributed by atoms with Gasteiger partial charge in [0.25, 0.3) is 5.82 Å². The van der Waals surface area contributed by atoms with Crippen molar-refractivity contribution in [1.82, 2.24) is 15.5 Å². The molecule has 8 heteroatoms. The van der Waals surface area contributed by atoms with Gasteiger partial charge in [-0.3, -0.25) is 4.79 Å². The lowest BCUT2D eigenvalue weighted by atomic mass is 10.0. The molecular formula is C26H26N4O4. The number of aromatic nitrogens is 2. The first-order valence-electron chi connectivity index (χ1n) is 11.1. The molecule has 4 rings (SSSR count). The minimum absolute atomic E-state index is 0.109. The number of benzene rings is 3. The molecule has 2 atom stereocenters. The molecular weight excluding hydrogens is 432 g/mol. The molecule has 1 heterocycles. The summed E-state index contributed by atoms with van der Waals surface area (Å²) < 4.78 is 10.2. The van der Waals surface area contributed by atoms with Gasteiger partial charge in [0.15, 0.2) is 0 Å². The van der Waals surface area contributed by atoms with Crippen LogP contribution in [0.25, 0.3) is 10.8 Å². The molecule has 3 aromatic carbocycles. The highest BCUT2D eigenvalue weighted by atomic mass is 16.5. The second-order valence-electron chi connectivity index (χ2n) is 7.92. The van der Waals surface area contributed by atoms with Gasteiger partial charge >= 0.3 is 5.97 Å². The zero-order chi connectivity index (χ0) is 23.9. The average molecular weight is 459 g/mol. The van der Waals surface area contributed by atoms with Crippen LogP contribution in [0.4, 0.5) is 0 Å². The highest BCUT2D eigenvalue weighted by molar-refractivity contribution is 5.85. The third-order valence-corrected chi connectivity index (χ3v) is 5.40. The maximum absolute atomic E-state index is 13.0. The van der Waals surface area contributed by atoms with Crippen molar-refractivity contribution in [2.45, 2.75) is 31.8 Å². The van der Waals surface area contributed by atoms with E-state index in [4.69, 9.17) is 15.0 Å². The highest BCUT2D eigenvalue weighted by Crippen LogP contribution is 2.19. The van der Waals surface area contributed by atoms with Crippen molar-refractivity contribution in [2.75, 3.05) is 6.61 Å². The number of ether oxygens (including phenoxy) is 1. The van der Waals surface area contributed by atoms with Crippen LogP contribution in [0.2, 0.25) is 0 Å². The Bertz CT molecular complexity index is 1270. The molecule has 1 amide bonds. The molecule has 174 valence electrons. The van der Waals surface area contributed by atoms with E-state index in [0.717, 1.165) is 21.9 Å². The second-order valence-corrected chi connectivity index (χ2v) is 7.92. The lowest BCUT2D eigenvalue weighted by molar-refractivity contribution is -0.123. The van der Waals surface area contributed by atoms with Crippen molar-refractivity contribution < 1.29 is 18.8 Å². The molecule has 8 nitrogen and oxygen atoms in total. The van der Waals surface area contributed by atoms with Crippen LogP contribution < -0.4 is 11.1 Å². The molecule has 4 aromatic rings. The summed E-state index contributed by atoms with van der Waals surface area (Å²) in [6.07, 6.45) is 0.756. The number of carbonyl (C=O) groups is 2. The monoisotopic (exact) mass is 458 g/mol. The predicted octanol–water partition coefficient (Wildman–Crippen LogP) is 3.37. The maximum atomic E-state index is 13.0. The minimum Gasteiger partial charge on any atom is -0.460 e. The number of nitrogens with zero attached hydrogens (tertiary/aromatic N) is 2. The Labute approximate surface area is 197 Å². The lowest BCUT2D eigenvalue weighted by Crippen LogP contribution is -2.44. The van der Waals surface area contributed by atoms with Gasteiger partial charge in [-0.2, -0.15) is 4.98 Å². The Balaban J connectivity index is 1.50. The van der Waals surface area contributed by atoms with E-state index in [1.807, 2.05) is 72.8 Å². The number of nitrogens with one attached hydrogen (secondary N) is 1. The average Bonchev–Trinajstić information content (AvgIpc) is 3.35. The smallest absolute Gasteiger partial charge is 0.379 e. The summed E-state index contributed by atoms with van der Waals surface area (Å²) in [5.41, 5.74) is 8.17. The van der Waals surface area contributed by atoms with Gasteiger partial charge in [0.1, 0.15) is 6.04 Å². The molecule has 2 unspecified atom stereocenters. The highest BCUT2D eigenvalue weighted by Gasteiger charge is 2.26. The van der Waals surface area contributed by atoms with Gasteiger partial charge in [-0.1, -0.05) is 72.8 Å². The number of fused-ring (bicyclic) bond motifs is 1. The van der Waals surface area contributed by atoms with E-state index in [9.17, 15) is 9.59 Å². The van der Waals surface area contributed by atoms with Crippen molar-refractivity contribution in [2.24, 2.45) is 5.73 Å². The van der Waals surface area contributed by atoms with E-state index in [1.165, 1.54) is 0 Å². The van der Waals surface area contributed by atoms with Crippen LogP contribution in [0.1, 0.15) is 40.6 Å². The molecule has 1 aromatic heterocycles. The van der Waals surface area contributed by atoms with Gasteiger partial charge in [-0.05, 0) is 40.4 Å². The van der Waals surface area contributed by atoms with Crippen LogP contribution in [0, 0.1) is 0 Å². The first-order chi connectivity index (χ1) is 16.5. The summed E-state index contributed by atoms with van der Waals surface area (Å²) in [6, 6.07) is 22.2. The topological polar surface area (TPSA) is 120 Å². The van der Waals surface area contributed by atoms with E-state index in [2.05, 4.69) is 15.5 Å². The van der Waals surface area contributed by atoms with Crippen LogP contribution >= 0.6 is 0 Å². The number of nitrogens with two attached hydrogens (primary N) is 1. The standard InChI is InChI=1S/C26H26N4O4/c1-2-33-26(32)23-29-25(34-30-23)22(16-17-8-4-3-5-9-17)28-24(31)21(27)15-18-12-13-19-10-6-7-11-20(19)14-18/h3-14,21-22H,2,15-16,27H2,1H3,(H,28,31). The van der Waals surface area contributed by atoms with Crippen molar-refractivity contribution in [1.29, 1.82) is 0 Å². The molecule has 0 aliphatic carbocycles. The number of rotatable bonds is 9. The zero-order valence-corrected chi connectivity index (χ0v) is 18.8. The predicted molar refractivity (Wildman–Crippen MR) is 127 cm³/mol. The number of esters is 1. The summed E-state index contributed by atoms with van der Waals surface area (Å²) in [5.74, 6) is -1.12. The molecule has 0 radical (unpaired) electrons. The van der Waals surface area contributed by atoms with Crippen molar-refractivity contribution in [3.8, 4) is 0 Å². The van der Waals surface area contributed by atoms with Crippen molar-refractivity contribution in [3.63, 3.8) is 0 Å². The molecule has 0 saturated heterocycles. The van der Waals surface area contributed by atoms with Gasteiger partial charge in [0.2, 0.25) is 11.8 Å². The lowest BCUT2D eigenvalue weighted by Gasteiger charge is -2.18. The minimum atomic E-state index is -0.785. The van der Waals surface area contributed by atoms with Crippen LogP contribution in [-0.4, -0.2) is 34.7 Å². The molecule has 0 fully saturated rings. The summed E-state index contributed by atoms with van der Waals surface area (Å²) in [6.45, 7) is 1.88. The van der Waals surface area contributed by atoms with E-state index >= 15 is 0 Å². The van der Waals surface area contributed by atoms with Gasteiger partial charge in [-0.25, -0.2) is 4.79 Å². The molecule has 3 N–H and O–H groups in total. The quantitative estimate of drug-likeness (QED) is 0.369. The summed E-state index contributed by atoms with van der Waals surface area (Å²) >= 11 is 0. The van der Waals surface area contributed by atoms with Crippen molar-refractivity contribution in [3.05, 3.63) is 95.6 Å². The van der Waals surface area contributed by atoms with Crippen LogP contribution in [0.5, 0.6) is 0 Å². The largest absolute Gasteiger partial charge is 0.460 e. The first kappa shape index (κ1) is 23.1.